The van der Waals surface area contributed by atoms with Gasteiger partial charge in [-0.1, -0.05) is 151 Å². The van der Waals surface area contributed by atoms with Crippen LogP contribution in [0.1, 0.15) is 22.3 Å². The van der Waals surface area contributed by atoms with E-state index in [1.807, 2.05) is 0 Å². The molecular weight excluding hydrogens is 736 g/mol. The number of aryl methyl sites for hydroxylation is 3. The van der Waals surface area contributed by atoms with Crippen molar-refractivity contribution in [3.05, 3.63) is 209 Å². The predicted octanol–water partition coefficient (Wildman–Crippen LogP) is 16.5. The molecule has 0 radical (unpaired) electrons. The molecule has 0 unspecified atom stereocenters. The number of anilines is 3. The Kier molecular flexibility index (Phi) is 9.16. The molecule has 59 heavy (non-hydrogen) atoms. The van der Waals surface area contributed by atoms with Crippen LogP contribution in [0, 0.1) is 27.7 Å². The number of nitrogens with zero attached hydrogens (tertiary/aromatic N) is 1. The van der Waals surface area contributed by atoms with E-state index in [9.17, 15) is 0 Å². The van der Waals surface area contributed by atoms with Crippen LogP contribution in [0.2, 0.25) is 5.02 Å². The molecule has 1 aromatic heterocycles. The molecule has 9 aromatic carbocycles. The molecule has 1 heterocycles. The molecule has 0 saturated carbocycles. The number of benzene rings is 9. The molecule has 284 valence electrons. The van der Waals surface area contributed by atoms with E-state index in [2.05, 4.69) is 220 Å². The zero-order valence-electron chi connectivity index (χ0n) is 33.6. The highest BCUT2D eigenvalue weighted by Gasteiger charge is 2.21. The molecule has 2 nitrogen and oxygen atoms in total. The van der Waals surface area contributed by atoms with Crippen LogP contribution in [0.5, 0.6) is 0 Å². The Morgan fingerprint density at radius 3 is 1.73 bits per heavy atom. The van der Waals surface area contributed by atoms with E-state index in [1.165, 1.54) is 49.4 Å². The molecule has 0 fully saturated rings. The van der Waals surface area contributed by atoms with Crippen LogP contribution in [0.3, 0.4) is 0 Å². The highest BCUT2D eigenvalue weighted by molar-refractivity contribution is 6.32. The summed E-state index contributed by atoms with van der Waals surface area (Å²) in [4.78, 5) is 6.19. The molecule has 0 spiro atoms. The van der Waals surface area contributed by atoms with Gasteiger partial charge in [0.25, 0.3) is 0 Å². The van der Waals surface area contributed by atoms with Gasteiger partial charge in [0, 0.05) is 43.9 Å². The van der Waals surface area contributed by atoms with Crippen molar-refractivity contribution in [1.82, 2.24) is 4.98 Å². The second kappa shape index (κ2) is 14.8. The number of aromatic amines is 1. The first-order chi connectivity index (χ1) is 28.8. The summed E-state index contributed by atoms with van der Waals surface area (Å²) in [7, 11) is 0. The molecule has 0 aliphatic rings. The Morgan fingerprint density at radius 2 is 1.05 bits per heavy atom. The van der Waals surface area contributed by atoms with Crippen LogP contribution in [0.4, 0.5) is 17.1 Å². The van der Waals surface area contributed by atoms with E-state index in [4.69, 9.17) is 11.6 Å². The van der Waals surface area contributed by atoms with Crippen LogP contribution in [-0.4, -0.2) is 4.98 Å². The van der Waals surface area contributed by atoms with Gasteiger partial charge in [0.05, 0.1) is 5.52 Å². The molecule has 10 rings (SSSR count). The number of halogens is 1. The largest absolute Gasteiger partial charge is 0.354 e. The Labute approximate surface area is 351 Å². The molecule has 10 aromatic rings. The van der Waals surface area contributed by atoms with Crippen molar-refractivity contribution in [3.63, 3.8) is 0 Å². The second-order valence-electron chi connectivity index (χ2n) is 15.8. The quantitative estimate of drug-likeness (QED) is 0.171. The first-order valence-corrected chi connectivity index (χ1v) is 20.7. The van der Waals surface area contributed by atoms with E-state index in [-0.39, 0.29) is 0 Å². The van der Waals surface area contributed by atoms with E-state index < -0.39 is 0 Å². The number of hydrogen-bond donors (Lipinski definition) is 1. The summed E-state index contributed by atoms with van der Waals surface area (Å²) < 4.78 is 0. The van der Waals surface area contributed by atoms with Crippen molar-refractivity contribution in [2.45, 2.75) is 27.7 Å². The van der Waals surface area contributed by atoms with Crippen LogP contribution in [0.15, 0.2) is 182 Å². The van der Waals surface area contributed by atoms with Gasteiger partial charge < -0.3 is 9.88 Å². The normalized spacial score (nSPS) is 11.5. The van der Waals surface area contributed by atoms with Crippen LogP contribution in [0.25, 0.3) is 77.1 Å². The summed E-state index contributed by atoms with van der Waals surface area (Å²) in [6.07, 6.45) is 0. The minimum atomic E-state index is 0.714. The average molecular weight is 779 g/mol. The zero-order valence-corrected chi connectivity index (χ0v) is 34.4. The standard InChI is InChI=1S/C56H43ClN2/c1-35-28-36(2)54(37(3)29-35)42-22-25-45(26-23-42)59(46-31-43(39-14-7-5-8-15-39)30-44(32-46)40-16-9-6-10-17-40)47-33-51(38(4)52(57)34-47)49-20-13-21-50-55-48-19-12-11-18-41(48)24-27-53(55)58-56(49)50/h5-34,58H,1-4H3. The number of hydrogen-bond acceptors (Lipinski definition) is 1. The van der Waals surface area contributed by atoms with Gasteiger partial charge in [-0.15, -0.1) is 0 Å². The first kappa shape index (κ1) is 36.5. The van der Waals surface area contributed by atoms with Gasteiger partial charge in [-0.2, -0.15) is 0 Å². The minimum Gasteiger partial charge on any atom is -0.354 e. The second-order valence-corrected chi connectivity index (χ2v) is 16.2. The highest BCUT2D eigenvalue weighted by atomic mass is 35.5. The summed E-state index contributed by atoms with van der Waals surface area (Å²) in [5.74, 6) is 0. The van der Waals surface area contributed by atoms with Gasteiger partial charge in [0.2, 0.25) is 0 Å². The fourth-order valence-corrected chi connectivity index (χ4v) is 9.40. The summed E-state index contributed by atoms with van der Waals surface area (Å²) in [6.45, 7) is 8.72. The third kappa shape index (κ3) is 6.56. The van der Waals surface area contributed by atoms with Gasteiger partial charge in [0.15, 0.2) is 0 Å². The maximum absolute atomic E-state index is 7.37. The molecular formula is C56H43ClN2. The maximum atomic E-state index is 7.37. The number of rotatable bonds is 7. The van der Waals surface area contributed by atoms with Crippen molar-refractivity contribution in [3.8, 4) is 44.5 Å². The van der Waals surface area contributed by atoms with Crippen LogP contribution in [-0.2, 0) is 0 Å². The lowest BCUT2D eigenvalue weighted by Crippen LogP contribution is -2.11. The van der Waals surface area contributed by atoms with Crippen molar-refractivity contribution < 1.29 is 0 Å². The molecule has 0 atom stereocenters. The highest BCUT2D eigenvalue weighted by Crippen LogP contribution is 2.45. The SMILES string of the molecule is Cc1cc(C)c(-c2ccc(N(c3cc(-c4ccccc4)cc(-c4ccccc4)c3)c3cc(Cl)c(C)c(-c4cccc5c4[nH]c4ccc6ccccc6c45)c3)cc2)c(C)c1. The maximum Gasteiger partial charge on any atom is 0.0544 e. The summed E-state index contributed by atoms with van der Waals surface area (Å²) >= 11 is 7.37. The Hall–Kier alpha value is -6.87. The van der Waals surface area contributed by atoms with E-state index in [0.29, 0.717) is 5.02 Å². The number of nitrogens with one attached hydrogen (secondary N) is 1. The fraction of sp³-hybridized carbons (Fsp3) is 0.0714. The smallest absolute Gasteiger partial charge is 0.0544 e. The third-order valence-electron chi connectivity index (χ3n) is 11.9. The number of aromatic nitrogens is 1. The van der Waals surface area contributed by atoms with E-state index in [1.54, 1.807) is 0 Å². The van der Waals surface area contributed by atoms with Gasteiger partial charge in [-0.05, 0) is 143 Å². The Morgan fingerprint density at radius 1 is 0.441 bits per heavy atom. The van der Waals surface area contributed by atoms with Crippen LogP contribution >= 0.6 is 11.6 Å². The molecule has 0 amide bonds. The van der Waals surface area contributed by atoms with Crippen LogP contribution < -0.4 is 4.90 Å². The molecule has 3 heteroatoms. The van der Waals surface area contributed by atoms with Crippen molar-refractivity contribution >= 4 is 61.2 Å². The fourth-order valence-electron chi connectivity index (χ4n) is 9.19. The van der Waals surface area contributed by atoms with Crippen molar-refractivity contribution in [2.75, 3.05) is 4.90 Å². The predicted molar refractivity (Wildman–Crippen MR) is 254 cm³/mol. The summed E-state index contributed by atoms with van der Waals surface area (Å²) in [5.41, 5.74) is 19.5. The Balaban J connectivity index is 1.21. The first-order valence-electron chi connectivity index (χ1n) is 20.3. The van der Waals surface area contributed by atoms with Gasteiger partial charge in [-0.25, -0.2) is 0 Å². The summed E-state index contributed by atoms with van der Waals surface area (Å²) in [6, 6.07) is 65.9. The molecule has 0 saturated heterocycles. The number of fused-ring (bicyclic) bond motifs is 5. The topological polar surface area (TPSA) is 19.0 Å². The lowest BCUT2D eigenvalue weighted by atomic mass is 9.93. The van der Waals surface area contributed by atoms with Crippen molar-refractivity contribution in [2.24, 2.45) is 0 Å². The molecule has 1 N–H and O–H groups in total. The zero-order chi connectivity index (χ0) is 40.2. The molecule has 0 bridgehead atoms. The van der Waals surface area contributed by atoms with Gasteiger partial charge in [-0.3, -0.25) is 0 Å². The number of para-hydroxylation sites is 1. The monoisotopic (exact) mass is 778 g/mol. The molecule has 0 aliphatic heterocycles. The average Bonchev–Trinajstić information content (AvgIpc) is 3.65. The van der Waals surface area contributed by atoms with Gasteiger partial charge in [0.1, 0.15) is 0 Å². The number of H-pyrrole nitrogens is 1. The van der Waals surface area contributed by atoms with Crippen molar-refractivity contribution in [1.29, 1.82) is 0 Å². The van der Waals surface area contributed by atoms with E-state index >= 15 is 0 Å². The Bertz CT molecular complexity index is 3120. The third-order valence-corrected chi connectivity index (χ3v) is 12.3. The summed E-state index contributed by atoms with van der Waals surface area (Å²) in [5, 5.41) is 5.63. The lowest BCUT2D eigenvalue weighted by Gasteiger charge is -2.28. The van der Waals surface area contributed by atoms with E-state index in [0.717, 1.165) is 67.0 Å². The lowest BCUT2D eigenvalue weighted by molar-refractivity contribution is 1.27. The van der Waals surface area contributed by atoms with Gasteiger partial charge >= 0.3 is 0 Å². The minimum absolute atomic E-state index is 0.714. The molecule has 0 aliphatic carbocycles.